The van der Waals surface area contributed by atoms with Gasteiger partial charge in [0.2, 0.25) is 5.91 Å². The van der Waals surface area contributed by atoms with Gasteiger partial charge in [0.25, 0.3) is 5.91 Å². The zero-order valence-electron chi connectivity index (χ0n) is 12.2. The van der Waals surface area contributed by atoms with E-state index in [-0.39, 0.29) is 18.4 Å². The van der Waals surface area contributed by atoms with Crippen molar-refractivity contribution in [2.24, 2.45) is 0 Å². The van der Waals surface area contributed by atoms with E-state index in [1.54, 1.807) is 4.90 Å². The molecule has 3 rings (SSSR count). The first-order chi connectivity index (χ1) is 10.1. The van der Waals surface area contributed by atoms with Gasteiger partial charge >= 0.3 is 6.03 Å². The number of nitrogens with zero attached hydrogens (tertiary/aromatic N) is 2. The summed E-state index contributed by atoms with van der Waals surface area (Å²) in [4.78, 5) is 39.7. The first kappa shape index (κ1) is 14.3. The predicted octanol–water partition coefficient (Wildman–Crippen LogP) is -0.327. The number of hydrogen-bond acceptors (Lipinski definition) is 4. The molecule has 21 heavy (non-hydrogen) atoms. The van der Waals surface area contributed by atoms with Gasteiger partial charge in [0.05, 0.1) is 0 Å². The van der Waals surface area contributed by atoms with Crippen LogP contribution in [0.2, 0.25) is 0 Å². The molecule has 1 saturated carbocycles. The number of imide groups is 1. The fourth-order valence-corrected chi connectivity index (χ4v) is 3.47. The van der Waals surface area contributed by atoms with E-state index in [9.17, 15) is 14.4 Å². The van der Waals surface area contributed by atoms with E-state index in [0.29, 0.717) is 25.9 Å². The van der Waals surface area contributed by atoms with Crippen LogP contribution in [0.5, 0.6) is 0 Å². The van der Waals surface area contributed by atoms with Crippen LogP contribution in [0, 0.1) is 0 Å². The molecule has 0 aromatic heterocycles. The Morgan fingerprint density at radius 2 is 1.86 bits per heavy atom. The van der Waals surface area contributed by atoms with E-state index in [4.69, 9.17) is 0 Å². The molecule has 2 heterocycles. The van der Waals surface area contributed by atoms with E-state index in [1.165, 1.54) is 0 Å². The summed E-state index contributed by atoms with van der Waals surface area (Å²) >= 11 is 0. The third-order valence-electron chi connectivity index (χ3n) is 4.69. The number of carbonyl (C=O) groups excluding carboxylic acids is 3. The lowest BCUT2D eigenvalue weighted by Crippen LogP contribution is -2.46. The molecule has 0 aromatic carbocycles. The summed E-state index contributed by atoms with van der Waals surface area (Å²) in [5.74, 6) is -0.358. The second kappa shape index (κ2) is 5.63. The van der Waals surface area contributed by atoms with Crippen LogP contribution >= 0.6 is 0 Å². The molecule has 2 N–H and O–H groups in total. The van der Waals surface area contributed by atoms with Crippen molar-refractivity contribution in [3.05, 3.63) is 0 Å². The minimum absolute atomic E-state index is 0.133. The molecule has 116 valence electrons. The zero-order valence-corrected chi connectivity index (χ0v) is 12.2. The van der Waals surface area contributed by atoms with Gasteiger partial charge in [-0.25, -0.2) is 4.79 Å². The van der Waals surface area contributed by atoms with Gasteiger partial charge in [-0.2, -0.15) is 0 Å². The molecule has 2 aliphatic heterocycles. The van der Waals surface area contributed by atoms with Gasteiger partial charge in [0, 0.05) is 19.6 Å². The highest BCUT2D eigenvalue weighted by molar-refractivity contribution is 6.09. The van der Waals surface area contributed by atoms with Gasteiger partial charge in [0.15, 0.2) is 0 Å². The molecule has 1 aliphatic carbocycles. The molecule has 2 saturated heterocycles. The average molecular weight is 294 g/mol. The maximum absolute atomic E-state index is 12.5. The van der Waals surface area contributed by atoms with Crippen molar-refractivity contribution in [1.82, 2.24) is 20.4 Å². The van der Waals surface area contributed by atoms with Gasteiger partial charge < -0.3 is 15.5 Å². The van der Waals surface area contributed by atoms with E-state index in [2.05, 4.69) is 10.6 Å². The maximum Gasteiger partial charge on any atom is 0.325 e. The lowest BCUT2D eigenvalue weighted by molar-refractivity contribution is -0.138. The van der Waals surface area contributed by atoms with Gasteiger partial charge in [-0.1, -0.05) is 12.8 Å². The molecular weight excluding hydrogens is 272 g/mol. The molecule has 0 aromatic rings. The summed E-state index contributed by atoms with van der Waals surface area (Å²) in [5.41, 5.74) is -0.724. The number of amides is 4. The van der Waals surface area contributed by atoms with E-state index < -0.39 is 11.6 Å². The molecule has 0 bridgehead atoms. The van der Waals surface area contributed by atoms with Crippen LogP contribution in [0.1, 0.15) is 32.1 Å². The highest BCUT2D eigenvalue weighted by Gasteiger charge is 2.52. The van der Waals surface area contributed by atoms with Gasteiger partial charge in [-0.05, 0) is 25.8 Å². The number of rotatable bonds is 2. The highest BCUT2D eigenvalue weighted by Crippen LogP contribution is 2.34. The Morgan fingerprint density at radius 1 is 1.10 bits per heavy atom. The molecule has 3 aliphatic rings. The summed E-state index contributed by atoms with van der Waals surface area (Å²) in [6.45, 7) is 2.84. The monoisotopic (exact) mass is 294 g/mol. The number of carbonyl (C=O) groups is 3. The van der Waals surface area contributed by atoms with Crippen molar-refractivity contribution in [3.63, 3.8) is 0 Å². The topological polar surface area (TPSA) is 81.8 Å². The Balaban J connectivity index is 1.65. The summed E-state index contributed by atoms with van der Waals surface area (Å²) in [6.07, 6.45) is 4.18. The van der Waals surface area contributed by atoms with Crippen molar-refractivity contribution < 1.29 is 14.4 Å². The average Bonchev–Trinajstić information content (AvgIpc) is 2.88. The van der Waals surface area contributed by atoms with Crippen LogP contribution < -0.4 is 10.6 Å². The summed E-state index contributed by atoms with van der Waals surface area (Å²) < 4.78 is 0. The van der Waals surface area contributed by atoms with Crippen molar-refractivity contribution >= 4 is 17.8 Å². The predicted molar refractivity (Wildman–Crippen MR) is 75.5 cm³/mol. The van der Waals surface area contributed by atoms with E-state index in [1.807, 2.05) is 0 Å². The quantitative estimate of drug-likeness (QED) is 0.684. The maximum atomic E-state index is 12.5. The third kappa shape index (κ3) is 2.62. The summed E-state index contributed by atoms with van der Waals surface area (Å²) in [7, 11) is 0. The fourth-order valence-electron chi connectivity index (χ4n) is 3.47. The Labute approximate surface area is 124 Å². The Morgan fingerprint density at radius 3 is 2.62 bits per heavy atom. The molecule has 0 radical (unpaired) electrons. The minimum atomic E-state index is -0.724. The third-order valence-corrected chi connectivity index (χ3v) is 4.69. The zero-order chi connectivity index (χ0) is 14.9. The molecule has 1 spiro atoms. The number of nitrogens with one attached hydrogen (secondary N) is 2. The molecular formula is C14H22N4O3. The van der Waals surface area contributed by atoms with Crippen LogP contribution in [0.25, 0.3) is 0 Å². The second-order valence-electron chi connectivity index (χ2n) is 6.10. The first-order valence-corrected chi connectivity index (χ1v) is 7.75. The molecule has 3 fully saturated rings. The lowest BCUT2D eigenvalue weighted by Gasteiger charge is -2.23. The summed E-state index contributed by atoms with van der Waals surface area (Å²) in [5, 5.41) is 6.03. The van der Waals surface area contributed by atoms with Crippen LogP contribution in [0.3, 0.4) is 0 Å². The van der Waals surface area contributed by atoms with Crippen molar-refractivity contribution in [2.75, 3.05) is 32.7 Å². The molecule has 0 atom stereocenters. The van der Waals surface area contributed by atoms with Crippen molar-refractivity contribution in [1.29, 1.82) is 0 Å². The van der Waals surface area contributed by atoms with E-state index >= 15 is 0 Å². The largest absolute Gasteiger partial charge is 0.340 e. The standard InChI is InChI=1S/C14H22N4O3/c19-11(17-8-3-6-15-7-9-17)10-18-12(20)14(16-13(18)21)4-1-2-5-14/h15H,1-10H2,(H,16,21). The Kier molecular flexibility index (Phi) is 3.84. The summed E-state index contributed by atoms with van der Waals surface area (Å²) in [6, 6.07) is -0.414. The molecule has 7 heteroatoms. The lowest BCUT2D eigenvalue weighted by atomic mass is 9.98. The molecule has 0 unspecified atom stereocenters. The van der Waals surface area contributed by atoms with Gasteiger partial charge in [0.1, 0.15) is 12.1 Å². The van der Waals surface area contributed by atoms with Crippen LogP contribution in [0.15, 0.2) is 0 Å². The van der Waals surface area contributed by atoms with Crippen molar-refractivity contribution in [3.8, 4) is 0 Å². The normalized spacial score (nSPS) is 25.3. The smallest absolute Gasteiger partial charge is 0.325 e. The SMILES string of the molecule is O=C(CN1C(=O)NC2(CCCC2)C1=O)N1CCCNCC1. The Hall–Kier alpha value is -1.63. The van der Waals surface area contributed by atoms with Crippen LogP contribution in [0.4, 0.5) is 4.79 Å². The minimum Gasteiger partial charge on any atom is -0.340 e. The van der Waals surface area contributed by atoms with Crippen molar-refractivity contribution in [2.45, 2.75) is 37.6 Å². The second-order valence-corrected chi connectivity index (χ2v) is 6.10. The fraction of sp³-hybridized carbons (Fsp3) is 0.786. The first-order valence-electron chi connectivity index (χ1n) is 7.75. The molecule has 7 nitrogen and oxygen atoms in total. The molecule has 4 amide bonds. The van der Waals surface area contributed by atoms with Gasteiger partial charge in [-0.3, -0.25) is 14.5 Å². The van der Waals surface area contributed by atoms with Crippen LogP contribution in [-0.4, -0.2) is 65.9 Å². The number of hydrogen-bond donors (Lipinski definition) is 2. The van der Waals surface area contributed by atoms with Gasteiger partial charge in [-0.15, -0.1) is 0 Å². The number of urea groups is 1. The Bertz CT molecular complexity index is 451. The highest BCUT2D eigenvalue weighted by atomic mass is 16.2. The van der Waals surface area contributed by atoms with E-state index in [0.717, 1.165) is 37.3 Å². The van der Waals surface area contributed by atoms with Crippen LogP contribution in [-0.2, 0) is 9.59 Å².